The summed E-state index contributed by atoms with van der Waals surface area (Å²) in [4.78, 5) is 11.0. The summed E-state index contributed by atoms with van der Waals surface area (Å²) in [6.45, 7) is 5.06. The summed E-state index contributed by atoms with van der Waals surface area (Å²) in [5, 5.41) is 16.7. The smallest absolute Gasteiger partial charge is 0.358 e. The van der Waals surface area contributed by atoms with Crippen LogP contribution in [0.4, 0.5) is 0 Å². The van der Waals surface area contributed by atoms with Crippen LogP contribution in [-0.2, 0) is 6.54 Å². The Labute approximate surface area is 94.5 Å². The highest BCUT2D eigenvalue weighted by atomic mass is 16.4. The van der Waals surface area contributed by atoms with Crippen molar-refractivity contribution in [2.45, 2.75) is 45.6 Å². The Balaban J connectivity index is 2.20. The van der Waals surface area contributed by atoms with Crippen molar-refractivity contribution in [2.24, 2.45) is 5.92 Å². The monoisotopic (exact) mass is 223 g/mol. The molecule has 0 spiro atoms. The topological polar surface area (TPSA) is 68.0 Å². The van der Waals surface area contributed by atoms with E-state index < -0.39 is 5.97 Å². The summed E-state index contributed by atoms with van der Waals surface area (Å²) >= 11 is 0. The lowest BCUT2D eigenvalue weighted by Crippen LogP contribution is -2.09. The van der Waals surface area contributed by atoms with E-state index in [9.17, 15) is 4.79 Å². The van der Waals surface area contributed by atoms with Crippen molar-refractivity contribution < 1.29 is 9.90 Å². The number of hydrogen-bond donors (Lipinski definition) is 1. The molecular weight excluding hydrogens is 206 g/mol. The number of aryl methyl sites for hydroxylation is 1. The summed E-state index contributed by atoms with van der Waals surface area (Å²) in [7, 11) is 0. The molecule has 1 N–H and O–H groups in total. The summed E-state index contributed by atoms with van der Waals surface area (Å²) in [6, 6.07) is 0. The number of carboxylic acids is 1. The van der Waals surface area contributed by atoms with E-state index in [0.717, 1.165) is 31.5 Å². The number of aromatic carboxylic acids is 1. The Hall–Kier alpha value is -1.39. The maximum Gasteiger partial charge on any atom is 0.358 e. The molecule has 0 atom stereocenters. The molecular formula is C11H17N3O2. The van der Waals surface area contributed by atoms with Crippen molar-refractivity contribution in [3.8, 4) is 0 Å². The molecule has 1 fully saturated rings. The van der Waals surface area contributed by atoms with Crippen molar-refractivity contribution in [1.29, 1.82) is 0 Å². The van der Waals surface area contributed by atoms with Gasteiger partial charge < -0.3 is 5.11 Å². The van der Waals surface area contributed by atoms with Crippen LogP contribution in [0.2, 0.25) is 0 Å². The van der Waals surface area contributed by atoms with Gasteiger partial charge >= 0.3 is 5.97 Å². The second-order valence-electron chi connectivity index (χ2n) is 4.81. The van der Waals surface area contributed by atoms with E-state index in [-0.39, 0.29) is 5.69 Å². The second kappa shape index (κ2) is 4.23. The first-order valence-electron chi connectivity index (χ1n) is 5.76. The highest BCUT2D eigenvalue weighted by Crippen LogP contribution is 2.41. The van der Waals surface area contributed by atoms with Gasteiger partial charge in [0.05, 0.1) is 5.69 Å². The number of carbonyl (C=O) groups is 1. The molecule has 1 aliphatic carbocycles. The zero-order valence-corrected chi connectivity index (χ0v) is 9.68. The molecule has 5 heteroatoms. The number of hydrogen-bond acceptors (Lipinski definition) is 3. The minimum absolute atomic E-state index is 0.145. The Morgan fingerprint density at radius 1 is 1.56 bits per heavy atom. The SMILES string of the molecule is CC(C)CCn1nnc(C(=O)O)c1C1CC1. The molecule has 0 unspecified atom stereocenters. The molecule has 0 saturated heterocycles. The van der Waals surface area contributed by atoms with E-state index in [1.54, 1.807) is 4.68 Å². The highest BCUT2D eigenvalue weighted by Gasteiger charge is 2.33. The molecule has 0 radical (unpaired) electrons. The summed E-state index contributed by atoms with van der Waals surface area (Å²) in [5.41, 5.74) is 0.972. The summed E-state index contributed by atoms with van der Waals surface area (Å²) in [6.07, 6.45) is 3.13. The lowest BCUT2D eigenvalue weighted by Gasteiger charge is -2.07. The van der Waals surface area contributed by atoms with Gasteiger partial charge in [0.1, 0.15) is 0 Å². The fraction of sp³-hybridized carbons (Fsp3) is 0.727. The zero-order chi connectivity index (χ0) is 11.7. The highest BCUT2D eigenvalue weighted by molar-refractivity contribution is 5.86. The van der Waals surface area contributed by atoms with E-state index in [1.807, 2.05) is 0 Å². The predicted octanol–water partition coefficient (Wildman–Crippen LogP) is 1.90. The van der Waals surface area contributed by atoms with E-state index in [4.69, 9.17) is 5.11 Å². The van der Waals surface area contributed by atoms with Crippen LogP contribution >= 0.6 is 0 Å². The molecule has 1 heterocycles. The Morgan fingerprint density at radius 3 is 2.75 bits per heavy atom. The second-order valence-corrected chi connectivity index (χ2v) is 4.81. The van der Waals surface area contributed by atoms with Crippen LogP contribution in [0.25, 0.3) is 0 Å². The van der Waals surface area contributed by atoms with Gasteiger partial charge in [-0.25, -0.2) is 9.48 Å². The fourth-order valence-corrected chi connectivity index (χ4v) is 1.78. The van der Waals surface area contributed by atoms with Gasteiger partial charge in [-0.1, -0.05) is 19.1 Å². The van der Waals surface area contributed by atoms with Crippen LogP contribution in [0.15, 0.2) is 0 Å². The first kappa shape index (κ1) is 11.1. The molecule has 16 heavy (non-hydrogen) atoms. The Morgan fingerprint density at radius 2 is 2.25 bits per heavy atom. The van der Waals surface area contributed by atoms with E-state index in [1.165, 1.54) is 0 Å². The Bertz CT molecular complexity index is 394. The molecule has 2 rings (SSSR count). The molecule has 1 saturated carbocycles. The van der Waals surface area contributed by atoms with Crippen molar-refractivity contribution in [2.75, 3.05) is 0 Å². The third kappa shape index (κ3) is 2.23. The molecule has 0 amide bonds. The van der Waals surface area contributed by atoms with Crippen LogP contribution < -0.4 is 0 Å². The fourth-order valence-electron chi connectivity index (χ4n) is 1.78. The molecule has 1 aromatic heterocycles. The summed E-state index contributed by atoms with van der Waals surface area (Å²) in [5.74, 6) is -0.00418. The van der Waals surface area contributed by atoms with Crippen molar-refractivity contribution in [1.82, 2.24) is 15.0 Å². The van der Waals surface area contributed by atoms with Gasteiger partial charge in [-0.15, -0.1) is 5.10 Å². The molecule has 0 aliphatic heterocycles. The number of nitrogens with zero attached hydrogens (tertiary/aromatic N) is 3. The predicted molar refractivity (Wildman–Crippen MR) is 58.4 cm³/mol. The van der Waals surface area contributed by atoms with Gasteiger partial charge in [0.25, 0.3) is 0 Å². The van der Waals surface area contributed by atoms with Crippen LogP contribution in [0.3, 0.4) is 0 Å². The first-order valence-corrected chi connectivity index (χ1v) is 5.76. The van der Waals surface area contributed by atoms with Crippen molar-refractivity contribution in [3.63, 3.8) is 0 Å². The van der Waals surface area contributed by atoms with E-state index in [0.29, 0.717) is 11.8 Å². The third-order valence-corrected chi connectivity index (χ3v) is 2.86. The number of carboxylic acid groups (broad SMARTS) is 1. The average molecular weight is 223 g/mol. The maximum absolute atomic E-state index is 11.0. The minimum Gasteiger partial charge on any atom is -0.476 e. The lowest BCUT2D eigenvalue weighted by atomic mass is 10.1. The van der Waals surface area contributed by atoms with Gasteiger partial charge in [0.15, 0.2) is 5.69 Å². The van der Waals surface area contributed by atoms with Gasteiger partial charge in [0.2, 0.25) is 0 Å². The standard InChI is InChI=1S/C11H17N3O2/c1-7(2)5-6-14-10(8-3-4-8)9(11(15)16)12-13-14/h7-8H,3-6H2,1-2H3,(H,15,16). The molecule has 88 valence electrons. The van der Waals surface area contributed by atoms with Gasteiger partial charge in [-0.2, -0.15) is 0 Å². The van der Waals surface area contributed by atoms with Gasteiger partial charge in [-0.05, 0) is 25.2 Å². The molecule has 1 aromatic rings. The number of rotatable bonds is 5. The normalized spacial score (nSPS) is 15.7. The first-order chi connectivity index (χ1) is 7.59. The molecule has 1 aliphatic rings. The van der Waals surface area contributed by atoms with Gasteiger partial charge in [0, 0.05) is 12.5 Å². The van der Waals surface area contributed by atoms with Crippen LogP contribution in [0.1, 0.15) is 55.2 Å². The van der Waals surface area contributed by atoms with Crippen LogP contribution in [0, 0.1) is 5.92 Å². The molecule has 5 nitrogen and oxygen atoms in total. The quantitative estimate of drug-likeness (QED) is 0.827. The lowest BCUT2D eigenvalue weighted by molar-refractivity contribution is 0.0689. The van der Waals surface area contributed by atoms with Crippen molar-refractivity contribution >= 4 is 5.97 Å². The number of aromatic nitrogens is 3. The molecule has 0 aromatic carbocycles. The minimum atomic E-state index is -0.960. The maximum atomic E-state index is 11.0. The Kier molecular flexibility index (Phi) is 2.94. The zero-order valence-electron chi connectivity index (χ0n) is 9.68. The van der Waals surface area contributed by atoms with Gasteiger partial charge in [-0.3, -0.25) is 0 Å². The van der Waals surface area contributed by atoms with Crippen LogP contribution in [0.5, 0.6) is 0 Å². The van der Waals surface area contributed by atoms with Crippen molar-refractivity contribution in [3.05, 3.63) is 11.4 Å². The largest absolute Gasteiger partial charge is 0.476 e. The third-order valence-electron chi connectivity index (χ3n) is 2.86. The average Bonchev–Trinajstić information content (AvgIpc) is 2.95. The van der Waals surface area contributed by atoms with E-state index >= 15 is 0 Å². The molecule has 0 bridgehead atoms. The summed E-state index contributed by atoms with van der Waals surface area (Å²) < 4.78 is 1.78. The van der Waals surface area contributed by atoms with E-state index in [2.05, 4.69) is 24.2 Å². The van der Waals surface area contributed by atoms with Crippen LogP contribution in [-0.4, -0.2) is 26.1 Å².